The van der Waals surface area contributed by atoms with E-state index in [2.05, 4.69) is 23.6 Å². The van der Waals surface area contributed by atoms with Gasteiger partial charge < -0.3 is 10.6 Å². The molecule has 1 aliphatic rings. The van der Waals surface area contributed by atoms with Crippen LogP contribution in [0.3, 0.4) is 0 Å². The van der Waals surface area contributed by atoms with E-state index in [0.29, 0.717) is 22.4 Å². The fraction of sp³-hybridized carbons (Fsp3) is 0.222. The van der Waals surface area contributed by atoms with Gasteiger partial charge in [0.15, 0.2) is 0 Å². The van der Waals surface area contributed by atoms with E-state index < -0.39 is 0 Å². The summed E-state index contributed by atoms with van der Waals surface area (Å²) in [5.74, 6) is 1.12. The maximum Gasteiger partial charge on any atom is 0.255 e. The number of carbonyl (C=O) groups is 1. The Balaban J connectivity index is 1.49. The molecule has 184 valence electrons. The Kier molecular flexibility index (Phi) is 6.92. The molecule has 0 saturated carbocycles. The van der Waals surface area contributed by atoms with Crippen molar-refractivity contribution in [1.29, 1.82) is 0 Å². The van der Waals surface area contributed by atoms with Crippen molar-refractivity contribution in [3.63, 3.8) is 0 Å². The lowest BCUT2D eigenvalue weighted by atomic mass is 9.98. The molecule has 1 aliphatic heterocycles. The van der Waals surface area contributed by atoms with Gasteiger partial charge in [-0.1, -0.05) is 53.7 Å². The van der Waals surface area contributed by atoms with Gasteiger partial charge in [-0.25, -0.2) is 4.68 Å². The summed E-state index contributed by atoms with van der Waals surface area (Å²) in [6, 6.07) is 15.4. The number of nitrogens with zero attached hydrogens (tertiary/aromatic N) is 3. The predicted molar refractivity (Wildman–Crippen MR) is 149 cm³/mol. The summed E-state index contributed by atoms with van der Waals surface area (Å²) in [6.07, 6.45) is 0. The van der Waals surface area contributed by atoms with Crippen molar-refractivity contribution in [1.82, 2.24) is 14.8 Å². The highest BCUT2D eigenvalue weighted by Gasteiger charge is 2.36. The zero-order valence-electron chi connectivity index (χ0n) is 20.4. The number of aromatic nitrogens is 3. The minimum atomic E-state index is -0.381. The molecule has 2 aromatic carbocycles. The molecule has 2 aromatic heterocycles. The zero-order valence-corrected chi connectivity index (χ0v) is 22.8. The number of anilines is 2. The monoisotopic (exact) mass is 535 g/mol. The summed E-state index contributed by atoms with van der Waals surface area (Å²) in [7, 11) is 0. The SMILES string of the molecule is CC1=C(C(=O)Nc2cccc(C)c2C)C(c2sccc2C)n2nc(SCc3ccccc3Cl)nc2N1. The summed E-state index contributed by atoms with van der Waals surface area (Å²) in [5.41, 5.74) is 6.52. The first-order chi connectivity index (χ1) is 17.3. The summed E-state index contributed by atoms with van der Waals surface area (Å²) in [4.78, 5) is 19.5. The molecule has 2 N–H and O–H groups in total. The van der Waals surface area contributed by atoms with Crippen LogP contribution < -0.4 is 10.6 Å². The van der Waals surface area contributed by atoms with Gasteiger partial charge in [-0.2, -0.15) is 4.98 Å². The molecule has 0 bridgehead atoms. The van der Waals surface area contributed by atoms with E-state index in [0.717, 1.165) is 43.5 Å². The standard InChI is InChI=1S/C27H26ClN5OS2/c1-15-8-7-11-21(17(15)3)30-25(34)22-18(4)29-26-31-27(36-14-19-9-5-6-10-20(19)28)32-33(26)23(22)24-16(2)12-13-35-24/h5-13,23H,14H2,1-4H3,(H,30,34)(H,29,31,32). The van der Waals surface area contributed by atoms with Gasteiger partial charge >= 0.3 is 0 Å². The summed E-state index contributed by atoms with van der Waals surface area (Å²) >= 11 is 9.48. The summed E-state index contributed by atoms with van der Waals surface area (Å²) in [6.45, 7) is 8.04. The van der Waals surface area contributed by atoms with Crippen LogP contribution in [0.2, 0.25) is 5.02 Å². The minimum Gasteiger partial charge on any atom is -0.328 e. The van der Waals surface area contributed by atoms with E-state index in [9.17, 15) is 4.79 Å². The molecule has 0 aliphatic carbocycles. The van der Waals surface area contributed by atoms with E-state index in [1.165, 1.54) is 11.8 Å². The van der Waals surface area contributed by atoms with Crippen LogP contribution in [-0.2, 0) is 10.5 Å². The molecule has 6 nitrogen and oxygen atoms in total. The van der Waals surface area contributed by atoms with Gasteiger partial charge in [0, 0.05) is 27.0 Å². The Morgan fingerprint density at radius 1 is 1.11 bits per heavy atom. The minimum absolute atomic E-state index is 0.155. The average molecular weight is 536 g/mol. The second kappa shape index (κ2) is 10.1. The van der Waals surface area contributed by atoms with Crippen molar-refractivity contribution in [2.75, 3.05) is 10.6 Å². The highest BCUT2D eigenvalue weighted by atomic mass is 35.5. The van der Waals surface area contributed by atoms with Crippen molar-refractivity contribution in [3.8, 4) is 0 Å². The Labute approximate surface area is 223 Å². The van der Waals surface area contributed by atoms with Crippen LogP contribution in [-0.4, -0.2) is 20.7 Å². The average Bonchev–Trinajstić information content (AvgIpc) is 3.46. The van der Waals surface area contributed by atoms with Crippen molar-refractivity contribution in [3.05, 3.63) is 97.3 Å². The first-order valence-electron chi connectivity index (χ1n) is 11.6. The van der Waals surface area contributed by atoms with E-state index in [4.69, 9.17) is 21.7 Å². The molecule has 3 heterocycles. The number of nitrogens with one attached hydrogen (secondary N) is 2. The first-order valence-corrected chi connectivity index (χ1v) is 13.8. The molecule has 0 radical (unpaired) electrons. The first kappa shape index (κ1) is 24.6. The lowest BCUT2D eigenvalue weighted by Gasteiger charge is -2.28. The van der Waals surface area contributed by atoms with E-state index in [1.54, 1.807) is 11.3 Å². The van der Waals surface area contributed by atoms with Crippen molar-refractivity contribution >= 4 is 52.2 Å². The van der Waals surface area contributed by atoms with E-state index >= 15 is 0 Å². The second-order valence-electron chi connectivity index (χ2n) is 8.78. The summed E-state index contributed by atoms with van der Waals surface area (Å²) < 4.78 is 1.83. The topological polar surface area (TPSA) is 71.8 Å². The Morgan fingerprint density at radius 2 is 1.92 bits per heavy atom. The number of aryl methyl sites for hydroxylation is 2. The molecular weight excluding hydrogens is 510 g/mol. The van der Waals surface area contributed by atoms with Gasteiger partial charge in [-0.05, 0) is 73.5 Å². The van der Waals surface area contributed by atoms with Crippen LogP contribution >= 0.6 is 34.7 Å². The Bertz CT molecular complexity index is 1490. The molecule has 0 saturated heterocycles. The third-order valence-electron chi connectivity index (χ3n) is 6.40. The van der Waals surface area contributed by atoms with E-state index in [-0.39, 0.29) is 11.9 Å². The van der Waals surface area contributed by atoms with Gasteiger partial charge in [-0.15, -0.1) is 16.4 Å². The number of hydrogen-bond donors (Lipinski definition) is 2. The smallest absolute Gasteiger partial charge is 0.255 e. The predicted octanol–water partition coefficient (Wildman–Crippen LogP) is 7.14. The van der Waals surface area contributed by atoms with Crippen LogP contribution in [0.15, 0.2) is 70.3 Å². The number of amides is 1. The molecular formula is C27H26ClN5OS2. The molecule has 1 amide bonds. The maximum absolute atomic E-state index is 13.7. The number of thiophene rings is 1. The molecule has 1 atom stereocenters. The van der Waals surface area contributed by atoms with Crippen molar-refractivity contribution in [2.45, 2.75) is 44.6 Å². The van der Waals surface area contributed by atoms with Crippen LogP contribution in [0.5, 0.6) is 0 Å². The Hall–Kier alpha value is -3.07. The molecule has 1 unspecified atom stereocenters. The third kappa shape index (κ3) is 4.68. The lowest BCUT2D eigenvalue weighted by molar-refractivity contribution is -0.113. The third-order valence-corrected chi connectivity index (χ3v) is 8.72. The largest absolute Gasteiger partial charge is 0.328 e. The van der Waals surface area contributed by atoms with Gasteiger partial charge in [0.25, 0.3) is 5.91 Å². The molecule has 0 spiro atoms. The number of fused-ring (bicyclic) bond motifs is 1. The van der Waals surface area contributed by atoms with Crippen LogP contribution in [0.25, 0.3) is 0 Å². The van der Waals surface area contributed by atoms with Gasteiger partial charge in [-0.3, -0.25) is 4.79 Å². The number of benzene rings is 2. The van der Waals surface area contributed by atoms with Gasteiger partial charge in [0.2, 0.25) is 11.1 Å². The fourth-order valence-corrected chi connectivity index (χ4v) is 6.36. The van der Waals surface area contributed by atoms with Crippen molar-refractivity contribution in [2.24, 2.45) is 0 Å². The highest BCUT2D eigenvalue weighted by Crippen LogP contribution is 2.40. The second-order valence-corrected chi connectivity index (χ2v) is 11.1. The number of thioether (sulfide) groups is 1. The lowest BCUT2D eigenvalue weighted by Crippen LogP contribution is -2.31. The number of allylic oxidation sites excluding steroid dienone is 1. The molecule has 36 heavy (non-hydrogen) atoms. The van der Waals surface area contributed by atoms with Crippen LogP contribution in [0.1, 0.15) is 40.1 Å². The zero-order chi connectivity index (χ0) is 25.4. The summed E-state index contributed by atoms with van der Waals surface area (Å²) in [5, 5.41) is 14.7. The Morgan fingerprint density at radius 3 is 2.67 bits per heavy atom. The molecule has 5 rings (SSSR count). The number of rotatable bonds is 6. The maximum atomic E-state index is 13.7. The number of hydrogen-bond acceptors (Lipinski definition) is 6. The number of carbonyl (C=O) groups excluding carboxylic acids is 1. The van der Waals surface area contributed by atoms with Crippen molar-refractivity contribution < 1.29 is 4.79 Å². The quantitative estimate of drug-likeness (QED) is 0.257. The number of halogens is 1. The molecule has 0 fully saturated rings. The van der Waals surface area contributed by atoms with Gasteiger partial charge in [0.05, 0.1) is 5.57 Å². The van der Waals surface area contributed by atoms with Crippen LogP contribution in [0, 0.1) is 20.8 Å². The van der Waals surface area contributed by atoms with Crippen LogP contribution in [0.4, 0.5) is 11.6 Å². The highest BCUT2D eigenvalue weighted by molar-refractivity contribution is 7.98. The fourth-order valence-electron chi connectivity index (χ4n) is 4.23. The van der Waals surface area contributed by atoms with Gasteiger partial charge in [0.1, 0.15) is 6.04 Å². The molecule has 9 heteroatoms. The van der Waals surface area contributed by atoms with E-state index in [1.807, 2.05) is 73.3 Å². The normalized spacial score (nSPS) is 15.0. The molecule has 4 aromatic rings.